The van der Waals surface area contributed by atoms with Crippen LogP contribution in [-0.2, 0) is 29.7 Å². The zero-order chi connectivity index (χ0) is 26.7. The summed E-state index contributed by atoms with van der Waals surface area (Å²) in [5.74, 6) is -0.144. The summed E-state index contributed by atoms with van der Waals surface area (Å²) in [7, 11) is 3.41. The predicted octanol–water partition coefficient (Wildman–Crippen LogP) is 3.61. The molecule has 9 nitrogen and oxygen atoms in total. The fourth-order valence-corrected chi connectivity index (χ4v) is 4.75. The number of halogens is 1. The van der Waals surface area contributed by atoms with Crippen molar-refractivity contribution in [1.82, 2.24) is 19.9 Å². The zero-order valence-corrected chi connectivity index (χ0v) is 23.6. The highest BCUT2D eigenvalue weighted by atomic mass is 35.5. The Hall–Kier alpha value is -3.30. The molecule has 4 rings (SSSR count). The summed E-state index contributed by atoms with van der Waals surface area (Å²) in [6, 6.07) is 11.8. The number of likely N-dealkylation sites (N-methyl/N-ethyl adjacent to an activating group) is 1. The van der Waals surface area contributed by atoms with Crippen LogP contribution < -0.4 is 16.0 Å². The fourth-order valence-electron chi connectivity index (χ4n) is 4.75. The van der Waals surface area contributed by atoms with Crippen molar-refractivity contribution in [3.8, 4) is 0 Å². The lowest BCUT2D eigenvalue weighted by atomic mass is 10.1. The number of benzene rings is 2. The van der Waals surface area contributed by atoms with Crippen LogP contribution in [-0.4, -0.2) is 53.1 Å². The van der Waals surface area contributed by atoms with E-state index in [0.29, 0.717) is 42.3 Å². The van der Waals surface area contributed by atoms with Crippen molar-refractivity contribution in [2.45, 2.75) is 46.7 Å². The first-order valence-corrected chi connectivity index (χ1v) is 12.8. The van der Waals surface area contributed by atoms with Gasteiger partial charge in [0.1, 0.15) is 0 Å². The first-order valence-electron chi connectivity index (χ1n) is 12.8. The maximum absolute atomic E-state index is 13.5. The van der Waals surface area contributed by atoms with Crippen LogP contribution in [0.4, 0.5) is 5.69 Å². The van der Waals surface area contributed by atoms with Gasteiger partial charge in [0.15, 0.2) is 5.58 Å². The van der Waals surface area contributed by atoms with Crippen molar-refractivity contribution in [1.29, 1.82) is 0 Å². The van der Waals surface area contributed by atoms with E-state index in [1.165, 1.54) is 15.7 Å². The smallest absolute Gasteiger partial charge is 0.408 e. The number of nitrogens with zero attached hydrogens (tertiary/aromatic N) is 4. The number of carbonyl (C=O) groups excluding carboxylic acids is 2. The van der Waals surface area contributed by atoms with Gasteiger partial charge >= 0.3 is 5.76 Å². The van der Waals surface area contributed by atoms with E-state index < -0.39 is 5.76 Å². The molecule has 0 bridgehead atoms. The van der Waals surface area contributed by atoms with Crippen LogP contribution in [0.3, 0.4) is 0 Å². The third kappa shape index (κ3) is 6.57. The minimum atomic E-state index is -0.453. The molecule has 2 aromatic carbocycles. The van der Waals surface area contributed by atoms with E-state index in [0.717, 1.165) is 18.4 Å². The highest BCUT2D eigenvalue weighted by Gasteiger charge is 2.27. The van der Waals surface area contributed by atoms with Crippen molar-refractivity contribution in [2.24, 2.45) is 13.0 Å². The molecule has 1 aliphatic heterocycles. The molecular weight excluding hydrogens is 506 g/mol. The molecule has 0 saturated carbocycles. The van der Waals surface area contributed by atoms with Gasteiger partial charge in [0.2, 0.25) is 5.91 Å². The molecule has 0 fully saturated rings. The lowest BCUT2D eigenvalue weighted by molar-refractivity contribution is -0.145. The van der Waals surface area contributed by atoms with Gasteiger partial charge in [0.05, 0.1) is 18.6 Å². The van der Waals surface area contributed by atoms with Gasteiger partial charge in [0.25, 0.3) is 5.91 Å². The fraction of sp³-hybridized carbons (Fsp3) is 0.464. The van der Waals surface area contributed by atoms with Crippen LogP contribution in [0, 0.1) is 12.8 Å². The molecule has 2 amide bonds. The monoisotopic (exact) mass is 543 g/mol. The van der Waals surface area contributed by atoms with Crippen LogP contribution in [0.1, 0.15) is 43.4 Å². The maximum Gasteiger partial charge on any atom is 0.419 e. The number of nitrogens with one attached hydrogen (secondary N) is 1. The topological polar surface area (TPSA) is 91.0 Å². The molecule has 1 N–H and O–H groups in total. The lowest BCUT2D eigenvalue weighted by Crippen LogP contribution is -2.48. The molecule has 10 heteroatoms. The van der Waals surface area contributed by atoms with Crippen molar-refractivity contribution < 1.29 is 14.0 Å². The molecular formula is C28H38ClN5O4. The van der Waals surface area contributed by atoms with E-state index in [9.17, 15) is 14.4 Å². The number of anilines is 1. The normalized spacial score (nSPS) is 12.9. The van der Waals surface area contributed by atoms with E-state index in [4.69, 9.17) is 4.42 Å². The Morgan fingerprint density at radius 1 is 1.11 bits per heavy atom. The number of oxazole rings is 1. The lowest BCUT2D eigenvalue weighted by Gasteiger charge is -2.32. The molecule has 38 heavy (non-hydrogen) atoms. The van der Waals surface area contributed by atoms with Crippen molar-refractivity contribution in [3.63, 3.8) is 0 Å². The largest absolute Gasteiger partial charge is 0.419 e. The number of aryl methyl sites for hydroxylation is 2. The number of aromatic nitrogens is 1. The van der Waals surface area contributed by atoms with E-state index in [-0.39, 0.29) is 37.3 Å². The van der Waals surface area contributed by atoms with Gasteiger partial charge in [-0.15, -0.1) is 12.4 Å². The molecule has 0 spiro atoms. The summed E-state index contributed by atoms with van der Waals surface area (Å²) in [5.41, 5.74) is 5.05. The third-order valence-electron chi connectivity index (χ3n) is 7.00. The van der Waals surface area contributed by atoms with Gasteiger partial charge < -0.3 is 14.6 Å². The van der Waals surface area contributed by atoms with Crippen molar-refractivity contribution in [3.05, 3.63) is 63.6 Å². The van der Waals surface area contributed by atoms with Gasteiger partial charge in [0, 0.05) is 39.4 Å². The van der Waals surface area contributed by atoms with Crippen LogP contribution >= 0.6 is 12.4 Å². The SMILES string of the molecule is Cc1cc2oc(=O)n(C)c2cc1N(CC(=O)NCCCC(C)C)CC(=O)N(C)N1Cc2ccccc2C1.Cl. The summed E-state index contributed by atoms with van der Waals surface area (Å²) >= 11 is 0. The van der Waals surface area contributed by atoms with Crippen LogP contribution in [0.25, 0.3) is 11.1 Å². The molecule has 1 aromatic heterocycles. The number of hydrogen-bond acceptors (Lipinski definition) is 6. The Bertz CT molecular complexity index is 1320. The van der Waals surface area contributed by atoms with Gasteiger partial charge in [-0.05, 0) is 54.5 Å². The van der Waals surface area contributed by atoms with Crippen molar-refractivity contribution >= 4 is 41.0 Å². The average molecular weight is 544 g/mol. The Labute approximate surface area is 229 Å². The number of hydrazine groups is 1. The molecule has 206 valence electrons. The van der Waals surface area contributed by atoms with Crippen molar-refractivity contribution in [2.75, 3.05) is 31.6 Å². The van der Waals surface area contributed by atoms with E-state index in [2.05, 4.69) is 31.3 Å². The number of fused-ring (bicyclic) bond motifs is 2. The summed E-state index contributed by atoms with van der Waals surface area (Å²) in [5, 5.41) is 6.64. The van der Waals surface area contributed by atoms with Gasteiger partial charge in [-0.1, -0.05) is 38.1 Å². The van der Waals surface area contributed by atoms with Crippen LogP contribution in [0.15, 0.2) is 45.6 Å². The second-order valence-electron chi connectivity index (χ2n) is 10.3. The average Bonchev–Trinajstić information content (AvgIpc) is 3.40. The van der Waals surface area contributed by atoms with Gasteiger partial charge in [-0.2, -0.15) is 0 Å². The second-order valence-corrected chi connectivity index (χ2v) is 10.3. The molecule has 0 saturated heterocycles. The molecule has 0 unspecified atom stereocenters. The minimum Gasteiger partial charge on any atom is -0.408 e. The van der Waals surface area contributed by atoms with Crippen LogP contribution in [0.2, 0.25) is 0 Å². The Kier molecular flexibility index (Phi) is 9.62. The van der Waals surface area contributed by atoms with E-state index in [1.807, 2.05) is 30.1 Å². The third-order valence-corrected chi connectivity index (χ3v) is 7.00. The first-order chi connectivity index (χ1) is 17.6. The minimum absolute atomic E-state index is 0. The Morgan fingerprint density at radius 3 is 2.39 bits per heavy atom. The molecule has 0 aliphatic carbocycles. The number of amides is 2. The predicted molar refractivity (Wildman–Crippen MR) is 151 cm³/mol. The second kappa shape index (κ2) is 12.5. The molecule has 2 heterocycles. The highest BCUT2D eigenvalue weighted by molar-refractivity contribution is 5.89. The Morgan fingerprint density at radius 2 is 1.76 bits per heavy atom. The zero-order valence-electron chi connectivity index (χ0n) is 22.8. The number of hydrogen-bond donors (Lipinski definition) is 1. The molecule has 0 atom stereocenters. The quantitative estimate of drug-likeness (QED) is 0.393. The Balaban J connectivity index is 0.00000400. The first kappa shape index (κ1) is 29.3. The van der Waals surface area contributed by atoms with E-state index >= 15 is 0 Å². The highest BCUT2D eigenvalue weighted by Crippen LogP contribution is 2.27. The molecule has 0 radical (unpaired) electrons. The van der Waals surface area contributed by atoms with E-state index in [1.54, 1.807) is 30.1 Å². The summed E-state index contributed by atoms with van der Waals surface area (Å²) in [4.78, 5) is 40.2. The summed E-state index contributed by atoms with van der Waals surface area (Å²) < 4.78 is 6.75. The van der Waals surface area contributed by atoms with Gasteiger partial charge in [-0.25, -0.2) is 9.80 Å². The molecule has 3 aromatic rings. The summed E-state index contributed by atoms with van der Waals surface area (Å²) in [6.07, 6.45) is 1.94. The number of rotatable bonds is 10. The number of carbonyl (C=O) groups is 2. The molecule has 1 aliphatic rings. The van der Waals surface area contributed by atoms with Gasteiger partial charge in [-0.3, -0.25) is 19.2 Å². The maximum atomic E-state index is 13.5. The summed E-state index contributed by atoms with van der Waals surface area (Å²) in [6.45, 7) is 8.17. The standard InChI is InChI=1S/C28H37N5O4.ClH/c1-19(2)9-8-12-29-26(34)17-32(23-14-24-25(13-20(23)3)37-28(36)30(24)4)18-27(35)31(5)33-15-21-10-6-7-11-22(21)16-33;/h6-7,10-11,13-14,19H,8-9,12,15-18H2,1-5H3,(H,29,34);1H. The van der Waals surface area contributed by atoms with Crippen LogP contribution in [0.5, 0.6) is 0 Å².